The molecular formula is C13H20N2O. The van der Waals surface area contributed by atoms with E-state index in [1.165, 1.54) is 11.1 Å². The average Bonchev–Trinajstić information content (AvgIpc) is 2.21. The second-order valence-electron chi connectivity index (χ2n) is 5.14. The van der Waals surface area contributed by atoms with Crippen molar-refractivity contribution in [3.05, 3.63) is 29.6 Å². The van der Waals surface area contributed by atoms with Crippen LogP contribution in [0.2, 0.25) is 0 Å². The second kappa shape index (κ2) is 4.52. The molecule has 3 nitrogen and oxygen atoms in total. The highest BCUT2D eigenvalue weighted by molar-refractivity contribution is 5.16. The Balaban J connectivity index is 1.92. The Hall–Kier alpha value is -0.930. The maximum atomic E-state index is 9.86. The monoisotopic (exact) mass is 220 g/mol. The number of likely N-dealkylation sites (tertiary alicyclic amines) is 1. The van der Waals surface area contributed by atoms with Crippen molar-refractivity contribution in [3.63, 3.8) is 0 Å². The molecule has 1 aromatic heterocycles. The van der Waals surface area contributed by atoms with Gasteiger partial charge in [-0.15, -0.1) is 0 Å². The van der Waals surface area contributed by atoms with Crippen LogP contribution in [0.15, 0.2) is 18.5 Å². The van der Waals surface area contributed by atoms with Crippen LogP contribution in [0.1, 0.15) is 30.9 Å². The third-order valence-electron chi connectivity index (χ3n) is 3.27. The first-order valence-corrected chi connectivity index (χ1v) is 5.90. The highest BCUT2D eigenvalue weighted by atomic mass is 16.3. The van der Waals surface area contributed by atoms with Crippen LogP contribution in [0, 0.1) is 6.92 Å². The molecule has 1 saturated heterocycles. The van der Waals surface area contributed by atoms with E-state index in [2.05, 4.69) is 22.9 Å². The Bertz CT molecular complexity index is 353. The summed E-state index contributed by atoms with van der Waals surface area (Å²) in [6, 6.07) is 2.18. The molecule has 0 radical (unpaired) electrons. The van der Waals surface area contributed by atoms with Gasteiger partial charge in [0.05, 0.1) is 5.60 Å². The van der Waals surface area contributed by atoms with E-state index in [0.29, 0.717) is 0 Å². The number of aliphatic hydroxyl groups is 1. The maximum Gasteiger partial charge on any atom is 0.0644 e. The Labute approximate surface area is 97.1 Å². The van der Waals surface area contributed by atoms with Crippen molar-refractivity contribution < 1.29 is 5.11 Å². The number of nitrogens with zero attached hydrogens (tertiary/aromatic N) is 2. The van der Waals surface area contributed by atoms with Crippen LogP contribution < -0.4 is 0 Å². The van der Waals surface area contributed by atoms with Crippen LogP contribution in [0.3, 0.4) is 0 Å². The fourth-order valence-electron chi connectivity index (χ4n) is 2.16. The number of aryl methyl sites for hydroxylation is 1. The van der Waals surface area contributed by atoms with Crippen molar-refractivity contribution in [3.8, 4) is 0 Å². The van der Waals surface area contributed by atoms with E-state index in [4.69, 9.17) is 0 Å². The summed E-state index contributed by atoms with van der Waals surface area (Å²) in [7, 11) is 0. The van der Waals surface area contributed by atoms with Gasteiger partial charge in [0, 0.05) is 32.0 Å². The lowest BCUT2D eigenvalue weighted by atomic mass is 9.93. The SMILES string of the molecule is Cc1cncc(CN2CCC(C)(O)CC2)c1. The number of piperidine rings is 1. The summed E-state index contributed by atoms with van der Waals surface area (Å²) in [5.74, 6) is 0. The fourth-order valence-corrected chi connectivity index (χ4v) is 2.16. The zero-order valence-electron chi connectivity index (χ0n) is 10.1. The van der Waals surface area contributed by atoms with Gasteiger partial charge in [-0.05, 0) is 37.8 Å². The van der Waals surface area contributed by atoms with Crippen LogP contribution in [-0.4, -0.2) is 33.7 Å². The predicted octanol–water partition coefficient (Wildman–Crippen LogP) is 1.74. The Kier molecular flexibility index (Phi) is 3.26. The number of pyridine rings is 1. The lowest BCUT2D eigenvalue weighted by molar-refractivity contribution is -0.00732. The van der Waals surface area contributed by atoms with E-state index in [9.17, 15) is 5.11 Å². The third-order valence-corrected chi connectivity index (χ3v) is 3.27. The van der Waals surface area contributed by atoms with Crippen LogP contribution >= 0.6 is 0 Å². The number of rotatable bonds is 2. The minimum atomic E-state index is -0.457. The minimum absolute atomic E-state index is 0.457. The van der Waals surface area contributed by atoms with Gasteiger partial charge in [0.25, 0.3) is 0 Å². The lowest BCUT2D eigenvalue weighted by Gasteiger charge is -2.35. The van der Waals surface area contributed by atoms with Gasteiger partial charge in [0.1, 0.15) is 0 Å². The molecule has 0 aliphatic carbocycles. The molecule has 88 valence electrons. The molecule has 0 saturated carbocycles. The maximum absolute atomic E-state index is 9.86. The van der Waals surface area contributed by atoms with Gasteiger partial charge in [-0.25, -0.2) is 0 Å². The van der Waals surface area contributed by atoms with E-state index in [1.807, 2.05) is 19.3 Å². The zero-order valence-corrected chi connectivity index (χ0v) is 10.1. The highest BCUT2D eigenvalue weighted by Crippen LogP contribution is 2.22. The predicted molar refractivity (Wildman–Crippen MR) is 64.1 cm³/mol. The standard InChI is InChI=1S/C13H20N2O/c1-11-7-12(9-14-8-11)10-15-5-3-13(2,16)4-6-15/h7-9,16H,3-6,10H2,1-2H3. The normalized spacial score (nSPS) is 20.9. The molecule has 2 rings (SSSR count). The van der Waals surface area contributed by atoms with Gasteiger partial charge in [-0.1, -0.05) is 6.07 Å². The van der Waals surface area contributed by atoms with Gasteiger partial charge in [0.2, 0.25) is 0 Å². The van der Waals surface area contributed by atoms with E-state index >= 15 is 0 Å². The summed E-state index contributed by atoms with van der Waals surface area (Å²) in [5, 5.41) is 9.86. The lowest BCUT2D eigenvalue weighted by Crippen LogP contribution is -2.41. The van der Waals surface area contributed by atoms with Crippen molar-refractivity contribution in [2.24, 2.45) is 0 Å². The number of aromatic nitrogens is 1. The summed E-state index contributed by atoms with van der Waals surface area (Å²) in [4.78, 5) is 6.59. The summed E-state index contributed by atoms with van der Waals surface area (Å²) < 4.78 is 0. The molecule has 3 heteroatoms. The van der Waals surface area contributed by atoms with Crippen LogP contribution in [-0.2, 0) is 6.54 Å². The molecule has 1 aliphatic heterocycles. The first-order chi connectivity index (χ1) is 7.55. The molecule has 2 heterocycles. The molecular weight excluding hydrogens is 200 g/mol. The van der Waals surface area contributed by atoms with Crippen LogP contribution in [0.4, 0.5) is 0 Å². The van der Waals surface area contributed by atoms with Crippen molar-refractivity contribution >= 4 is 0 Å². The van der Waals surface area contributed by atoms with Crippen molar-refractivity contribution in [1.82, 2.24) is 9.88 Å². The quantitative estimate of drug-likeness (QED) is 0.824. The van der Waals surface area contributed by atoms with Gasteiger partial charge in [-0.2, -0.15) is 0 Å². The largest absolute Gasteiger partial charge is 0.390 e. The molecule has 1 N–H and O–H groups in total. The molecule has 16 heavy (non-hydrogen) atoms. The minimum Gasteiger partial charge on any atom is -0.390 e. The highest BCUT2D eigenvalue weighted by Gasteiger charge is 2.26. The van der Waals surface area contributed by atoms with Gasteiger partial charge in [-0.3, -0.25) is 9.88 Å². The summed E-state index contributed by atoms with van der Waals surface area (Å²) in [6.07, 6.45) is 5.54. The van der Waals surface area contributed by atoms with Gasteiger partial charge >= 0.3 is 0 Å². The molecule has 0 amide bonds. The smallest absolute Gasteiger partial charge is 0.0644 e. The summed E-state index contributed by atoms with van der Waals surface area (Å²) >= 11 is 0. The van der Waals surface area contributed by atoms with Crippen molar-refractivity contribution in [1.29, 1.82) is 0 Å². The van der Waals surface area contributed by atoms with E-state index in [1.54, 1.807) is 0 Å². The molecule has 1 aliphatic rings. The summed E-state index contributed by atoms with van der Waals surface area (Å²) in [6.45, 7) is 6.89. The first-order valence-electron chi connectivity index (χ1n) is 5.90. The van der Waals surface area contributed by atoms with Gasteiger partial charge < -0.3 is 5.11 Å². The Morgan fingerprint density at radius 2 is 2.06 bits per heavy atom. The van der Waals surface area contributed by atoms with Gasteiger partial charge in [0.15, 0.2) is 0 Å². The molecule has 1 fully saturated rings. The Morgan fingerprint density at radius 1 is 1.38 bits per heavy atom. The topological polar surface area (TPSA) is 36.4 Å². The fraction of sp³-hybridized carbons (Fsp3) is 0.615. The second-order valence-corrected chi connectivity index (χ2v) is 5.14. The summed E-state index contributed by atoms with van der Waals surface area (Å²) in [5.41, 5.74) is 2.02. The molecule has 0 spiro atoms. The molecule has 0 aromatic carbocycles. The molecule has 0 atom stereocenters. The zero-order chi connectivity index (χ0) is 11.6. The Morgan fingerprint density at radius 3 is 2.69 bits per heavy atom. The molecule has 0 bridgehead atoms. The molecule has 1 aromatic rings. The van der Waals surface area contributed by atoms with E-state index in [-0.39, 0.29) is 0 Å². The van der Waals surface area contributed by atoms with Crippen molar-refractivity contribution in [2.75, 3.05) is 13.1 Å². The van der Waals surface area contributed by atoms with Crippen LogP contribution in [0.5, 0.6) is 0 Å². The van der Waals surface area contributed by atoms with Crippen LogP contribution in [0.25, 0.3) is 0 Å². The number of hydrogen-bond donors (Lipinski definition) is 1. The number of hydrogen-bond acceptors (Lipinski definition) is 3. The first kappa shape index (κ1) is 11.6. The average molecular weight is 220 g/mol. The third kappa shape index (κ3) is 3.03. The van der Waals surface area contributed by atoms with E-state index < -0.39 is 5.60 Å². The van der Waals surface area contributed by atoms with E-state index in [0.717, 1.165) is 32.5 Å². The van der Waals surface area contributed by atoms with Crippen molar-refractivity contribution in [2.45, 2.75) is 38.8 Å². The molecule has 0 unspecified atom stereocenters.